The van der Waals surface area contributed by atoms with Crippen molar-refractivity contribution in [1.82, 2.24) is 5.32 Å². The minimum absolute atomic E-state index is 0.0166. The number of hydrogen-bond donors (Lipinski definition) is 3. The molecule has 0 rings (SSSR count). The highest BCUT2D eigenvalue weighted by Crippen LogP contribution is 2.19. The molecule has 0 saturated carbocycles. The number of carbonyl (C=O) groups is 2. The number of ether oxygens (including phenoxy) is 1. The van der Waals surface area contributed by atoms with Crippen molar-refractivity contribution in [2.24, 2.45) is 0 Å². The number of nitrogens with one attached hydrogen (secondary N) is 1. The first-order valence-corrected chi connectivity index (χ1v) is 34.4. The van der Waals surface area contributed by atoms with Gasteiger partial charge in [0.15, 0.2) is 0 Å². The van der Waals surface area contributed by atoms with Gasteiger partial charge >= 0.3 is 5.97 Å². The van der Waals surface area contributed by atoms with E-state index < -0.39 is 12.1 Å². The Balaban J connectivity index is 3.39. The summed E-state index contributed by atoms with van der Waals surface area (Å²) in [4.78, 5) is 24.6. The van der Waals surface area contributed by atoms with Gasteiger partial charge in [0.1, 0.15) is 0 Å². The monoisotopic (exact) mass is 1060 g/mol. The van der Waals surface area contributed by atoms with E-state index in [1.165, 1.54) is 321 Å². The Kier molecular flexibility index (Phi) is 63.9. The number of esters is 1. The summed E-state index contributed by atoms with van der Waals surface area (Å²) in [6, 6.07) is -0.546. The second-order valence-electron chi connectivity index (χ2n) is 23.9. The molecule has 0 aromatic rings. The van der Waals surface area contributed by atoms with Crippen LogP contribution in [0.2, 0.25) is 0 Å². The molecule has 0 bridgehead atoms. The number of allylic oxidation sites excluding steroid dienone is 2. The molecule has 2 unspecified atom stereocenters. The van der Waals surface area contributed by atoms with Gasteiger partial charge in [-0.15, -0.1) is 0 Å². The second-order valence-corrected chi connectivity index (χ2v) is 23.9. The van der Waals surface area contributed by atoms with Gasteiger partial charge in [-0.3, -0.25) is 9.59 Å². The largest absolute Gasteiger partial charge is 0.466 e. The molecule has 0 radical (unpaired) electrons. The van der Waals surface area contributed by atoms with Crippen molar-refractivity contribution in [2.75, 3.05) is 13.2 Å². The Morgan fingerprint density at radius 1 is 0.360 bits per heavy atom. The number of carbonyl (C=O) groups excluding carboxylic acids is 2. The number of amides is 1. The highest BCUT2D eigenvalue weighted by molar-refractivity contribution is 5.76. The van der Waals surface area contributed by atoms with E-state index in [2.05, 4.69) is 31.3 Å². The molecule has 1 amide bonds. The molecule has 6 heteroatoms. The predicted molar refractivity (Wildman–Crippen MR) is 329 cm³/mol. The Morgan fingerprint density at radius 3 is 0.947 bits per heavy atom. The number of aliphatic hydroxyl groups is 2. The van der Waals surface area contributed by atoms with Gasteiger partial charge in [-0.05, 0) is 51.4 Å². The lowest BCUT2D eigenvalue weighted by molar-refractivity contribution is -0.143. The van der Waals surface area contributed by atoms with E-state index in [0.29, 0.717) is 25.9 Å². The standard InChI is InChI=1S/C69H135NO5/c1-3-5-7-9-11-13-15-17-19-21-30-33-37-41-45-49-53-57-61-67(72)66(65-71)70-68(73)62-58-54-50-46-42-38-34-31-27-25-23-22-24-26-28-32-36-40-44-48-52-56-60-64-75-69(74)63-59-55-51-47-43-39-35-29-20-18-16-14-12-10-8-6-4-2/h25,27,66-67,71-72H,3-24,26,28-65H2,1-2H3,(H,70,73)/b27-25-. The quantitative estimate of drug-likeness (QED) is 0.0320. The summed E-state index contributed by atoms with van der Waals surface area (Å²) >= 11 is 0. The van der Waals surface area contributed by atoms with Crippen molar-refractivity contribution < 1.29 is 24.5 Å². The average molecular weight is 1060 g/mol. The van der Waals surface area contributed by atoms with Crippen molar-refractivity contribution in [3.63, 3.8) is 0 Å². The zero-order valence-electron chi connectivity index (χ0n) is 51.1. The van der Waals surface area contributed by atoms with Crippen LogP contribution in [-0.4, -0.2) is 47.4 Å². The van der Waals surface area contributed by atoms with Gasteiger partial charge in [-0.2, -0.15) is 0 Å². The molecule has 0 saturated heterocycles. The number of unbranched alkanes of at least 4 members (excludes halogenated alkanes) is 52. The third kappa shape index (κ3) is 61.7. The summed E-state index contributed by atoms with van der Waals surface area (Å²) in [6.07, 6.45) is 79.6. The topological polar surface area (TPSA) is 95.9 Å². The first-order chi connectivity index (χ1) is 37.0. The fourth-order valence-corrected chi connectivity index (χ4v) is 11.1. The van der Waals surface area contributed by atoms with Crippen LogP contribution in [-0.2, 0) is 14.3 Å². The van der Waals surface area contributed by atoms with Gasteiger partial charge in [-0.1, -0.05) is 341 Å². The molecule has 0 heterocycles. The summed E-state index contributed by atoms with van der Waals surface area (Å²) in [6.45, 7) is 4.99. The van der Waals surface area contributed by atoms with Crippen molar-refractivity contribution in [1.29, 1.82) is 0 Å². The fourth-order valence-electron chi connectivity index (χ4n) is 11.1. The van der Waals surface area contributed by atoms with E-state index in [1.807, 2.05) is 0 Å². The van der Waals surface area contributed by atoms with Crippen LogP contribution >= 0.6 is 0 Å². The first kappa shape index (κ1) is 73.6. The maximum absolute atomic E-state index is 12.5. The van der Waals surface area contributed by atoms with E-state index in [-0.39, 0.29) is 18.5 Å². The van der Waals surface area contributed by atoms with Crippen LogP contribution in [0.1, 0.15) is 393 Å². The second kappa shape index (κ2) is 65.1. The maximum atomic E-state index is 12.5. The third-order valence-electron chi connectivity index (χ3n) is 16.3. The molecule has 446 valence electrons. The van der Waals surface area contributed by atoms with Crippen LogP contribution in [0.3, 0.4) is 0 Å². The Hall–Kier alpha value is -1.40. The van der Waals surface area contributed by atoms with Crippen molar-refractivity contribution in [3.05, 3.63) is 12.2 Å². The lowest BCUT2D eigenvalue weighted by Gasteiger charge is -2.22. The van der Waals surface area contributed by atoms with Crippen molar-refractivity contribution in [2.45, 2.75) is 405 Å². The zero-order valence-corrected chi connectivity index (χ0v) is 51.1. The Bertz CT molecular complexity index is 1130. The van der Waals surface area contributed by atoms with E-state index in [4.69, 9.17) is 4.74 Å². The van der Waals surface area contributed by atoms with Gasteiger partial charge in [-0.25, -0.2) is 0 Å². The highest BCUT2D eigenvalue weighted by atomic mass is 16.5. The van der Waals surface area contributed by atoms with E-state index in [1.54, 1.807) is 0 Å². The zero-order chi connectivity index (χ0) is 54.3. The summed E-state index contributed by atoms with van der Waals surface area (Å²) in [5.74, 6) is -0.0208. The molecule has 0 fully saturated rings. The Labute approximate surface area is 469 Å². The fraction of sp³-hybridized carbons (Fsp3) is 0.942. The average Bonchev–Trinajstić information content (AvgIpc) is 3.41. The molecule has 6 nitrogen and oxygen atoms in total. The van der Waals surface area contributed by atoms with Crippen LogP contribution in [0.4, 0.5) is 0 Å². The summed E-state index contributed by atoms with van der Waals surface area (Å²) in [7, 11) is 0. The smallest absolute Gasteiger partial charge is 0.305 e. The van der Waals surface area contributed by atoms with Gasteiger partial charge in [0.05, 0.1) is 25.4 Å². The number of hydrogen-bond acceptors (Lipinski definition) is 5. The van der Waals surface area contributed by atoms with E-state index in [0.717, 1.165) is 38.5 Å². The predicted octanol–water partition coefficient (Wildman–Crippen LogP) is 22.0. The summed E-state index contributed by atoms with van der Waals surface area (Å²) in [5.41, 5.74) is 0. The molecule has 0 aromatic heterocycles. The van der Waals surface area contributed by atoms with Crippen LogP contribution in [0.5, 0.6) is 0 Å². The van der Waals surface area contributed by atoms with Crippen LogP contribution < -0.4 is 5.32 Å². The molecule has 0 spiro atoms. The summed E-state index contributed by atoms with van der Waals surface area (Å²) < 4.78 is 5.50. The van der Waals surface area contributed by atoms with Crippen LogP contribution in [0, 0.1) is 0 Å². The lowest BCUT2D eigenvalue weighted by Crippen LogP contribution is -2.45. The summed E-state index contributed by atoms with van der Waals surface area (Å²) in [5, 5.41) is 23.4. The SMILES string of the molecule is CCCCCCCCCCCCCCCCCCCCC(O)C(CO)NC(=O)CCCCCCCCC/C=C\CCCCCCCCCCCCCCOC(=O)CCCCCCCCCCCCCCCCCCC. The van der Waals surface area contributed by atoms with Crippen LogP contribution in [0.15, 0.2) is 12.2 Å². The lowest BCUT2D eigenvalue weighted by atomic mass is 10.0. The van der Waals surface area contributed by atoms with E-state index >= 15 is 0 Å². The molecular weight excluding hydrogens is 923 g/mol. The van der Waals surface area contributed by atoms with Crippen molar-refractivity contribution >= 4 is 11.9 Å². The first-order valence-electron chi connectivity index (χ1n) is 34.4. The Morgan fingerprint density at radius 2 is 0.627 bits per heavy atom. The molecular formula is C69H135NO5. The van der Waals surface area contributed by atoms with E-state index in [9.17, 15) is 19.8 Å². The van der Waals surface area contributed by atoms with Gasteiger partial charge < -0.3 is 20.3 Å². The van der Waals surface area contributed by atoms with Crippen LogP contribution in [0.25, 0.3) is 0 Å². The molecule has 0 aliphatic heterocycles. The van der Waals surface area contributed by atoms with Gasteiger partial charge in [0, 0.05) is 12.8 Å². The number of rotatable bonds is 65. The normalized spacial score (nSPS) is 12.5. The molecule has 2 atom stereocenters. The minimum atomic E-state index is -0.668. The molecule has 3 N–H and O–H groups in total. The minimum Gasteiger partial charge on any atom is -0.466 e. The molecule has 0 aliphatic carbocycles. The third-order valence-corrected chi connectivity index (χ3v) is 16.3. The molecule has 0 aliphatic rings. The highest BCUT2D eigenvalue weighted by Gasteiger charge is 2.20. The number of aliphatic hydroxyl groups excluding tert-OH is 2. The molecule has 75 heavy (non-hydrogen) atoms. The maximum Gasteiger partial charge on any atom is 0.305 e. The van der Waals surface area contributed by atoms with Crippen molar-refractivity contribution in [3.8, 4) is 0 Å². The van der Waals surface area contributed by atoms with Gasteiger partial charge in [0.25, 0.3) is 0 Å². The van der Waals surface area contributed by atoms with Gasteiger partial charge in [0.2, 0.25) is 5.91 Å². The molecule has 0 aromatic carbocycles.